The van der Waals surface area contributed by atoms with Crippen LogP contribution in [0.25, 0.3) is 21.9 Å². The summed E-state index contributed by atoms with van der Waals surface area (Å²) in [5.74, 6) is 0. The van der Waals surface area contributed by atoms with Crippen LogP contribution in [-0.2, 0) is 6.42 Å². The van der Waals surface area contributed by atoms with Crippen LogP contribution in [0.15, 0.2) is 42.6 Å². The van der Waals surface area contributed by atoms with E-state index in [0.717, 1.165) is 29.7 Å². The molecular weight excluding hydrogens is 308 g/mol. The molecule has 0 saturated heterocycles. The second-order valence-corrected chi connectivity index (χ2v) is 6.94. The standard InChI is InChI=1S/C21H20N4/c1-12-9-13(2)19-14-7-8-22-21(20(14)25-17(19)10-12)18-11-23-15-5-3-4-6-16(15)24-18/h3-6,9-11,21-22,25H,7-8H2,1-2H3. The Kier molecular flexibility index (Phi) is 3.15. The van der Waals surface area contributed by atoms with E-state index in [4.69, 9.17) is 4.98 Å². The average Bonchev–Trinajstić information content (AvgIpc) is 2.99. The molecule has 2 aromatic heterocycles. The van der Waals surface area contributed by atoms with Gasteiger partial charge >= 0.3 is 0 Å². The Balaban J connectivity index is 1.70. The van der Waals surface area contributed by atoms with Crippen molar-refractivity contribution < 1.29 is 0 Å². The molecule has 4 nitrogen and oxygen atoms in total. The maximum atomic E-state index is 4.86. The van der Waals surface area contributed by atoms with Crippen molar-refractivity contribution in [2.75, 3.05) is 6.54 Å². The third kappa shape index (κ3) is 2.25. The van der Waals surface area contributed by atoms with Crippen LogP contribution in [0.3, 0.4) is 0 Å². The number of fused-ring (bicyclic) bond motifs is 4. The van der Waals surface area contributed by atoms with Crippen LogP contribution in [0.4, 0.5) is 0 Å². The van der Waals surface area contributed by atoms with E-state index in [9.17, 15) is 0 Å². The van der Waals surface area contributed by atoms with E-state index in [1.165, 1.54) is 33.3 Å². The summed E-state index contributed by atoms with van der Waals surface area (Å²) in [5.41, 5.74) is 9.37. The number of nitrogens with zero attached hydrogens (tertiary/aromatic N) is 2. The van der Waals surface area contributed by atoms with E-state index in [1.54, 1.807) is 0 Å². The smallest absolute Gasteiger partial charge is 0.0922 e. The number of aromatic amines is 1. The molecule has 4 aromatic rings. The number of aryl methyl sites for hydroxylation is 2. The third-order valence-corrected chi connectivity index (χ3v) is 5.15. The van der Waals surface area contributed by atoms with E-state index in [1.807, 2.05) is 30.5 Å². The van der Waals surface area contributed by atoms with Crippen LogP contribution in [0.1, 0.15) is 34.1 Å². The highest BCUT2D eigenvalue weighted by Gasteiger charge is 2.27. The fraction of sp³-hybridized carbons (Fsp3) is 0.238. The predicted octanol–water partition coefficient (Wildman–Crippen LogP) is 3.96. The van der Waals surface area contributed by atoms with Crippen molar-refractivity contribution in [3.63, 3.8) is 0 Å². The van der Waals surface area contributed by atoms with E-state index >= 15 is 0 Å². The fourth-order valence-electron chi connectivity index (χ4n) is 4.13. The van der Waals surface area contributed by atoms with Gasteiger partial charge < -0.3 is 10.3 Å². The molecule has 1 aliphatic heterocycles. The van der Waals surface area contributed by atoms with Crippen LogP contribution in [0.2, 0.25) is 0 Å². The SMILES string of the molecule is Cc1cc(C)c2c3c([nH]c2c1)C(c1cnc2ccccc2n1)NCC3. The molecule has 0 aliphatic carbocycles. The summed E-state index contributed by atoms with van der Waals surface area (Å²) >= 11 is 0. The van der Waals surface area contributed by atoms with Crippen molar-refractivity contribution in [2.24, 2.45) is 0 Å². The number of rotatable bonds is 1. The van der Waals surface area contributed by atoms with E-state index in [0.29, 0.717) is 0 Å². The summed E-state index contributed by atoms with van der Waals surface area (Å²) in [6, 6.07) is 12.6. The van der Waals surface area contributed by atoms with E-state index in [-0.39, 0.29) is 6.04 Å². The number of aromatic nitrogens is 3. The van der Waals surface area contributed by atoms with Crippen LogP contribution in [0, 0.1) is 13.8 Å². The second-order valence-electron chi connectivity index (χ2n) is 6.94. The molecule has 1 aliphatic rings. The fourth-order valence-corrected chi connectivity index (χ4v) is 4.13. The van der Waals surface area contributed by atoms with Gasteiger partial charge in [0.2, 0.25) is 0 Å². The molecule has 2 N–H and O–H groups in total. The topological polar surface area (TPSA) is 53.6 Å². The quantitative estimate of drug-likeness (QED) is 0.556. The van der Waals surface area contributed by atoms with Gasteiger partial charge in [-0.3, -0.25) is 4.98 Å². The molecule has 25 heavy (non-hydrogen) atoms. The number of benzene rings is 2. The summed E-state index contributed by atoms with van der Waals surface area (Å²) in [6.45, 7) is 5.31. The molecule has 1 atom stereocenters. The van der Waals surface area contributed by atoms with Gasteiger partial charge in [0, 0.05) is 23.1 Å². The van der Waals surface area contributed by atoms with Gasteiger partial charge in [-0.15, -0.1) is 0 Å². The maximum Gasteiger partial charge on any atom is 0.0922 e. The Morgan fingerprint density at radius 1 is 1.08 bits per heavy atom. The van der Waals surface area contributed by atoms with E-state index in [2.05, 4.69) is 41.3 Å². The molecule has 124 valence electrons. The summed E-state index contributed by atoms with van der Waals surface area (Å²) in [5, 5.41) is 4.99. The van der Waals surface area contributed by atoms with Gasteiger partial charge in [0.05, 0.1) is 29.0 Å². The number of hydrogen-bond acceptors (Lipinski definition) is 3. The highest BCUT2D eigenvalue weighted by Crippen LogP contribution is 2.35. The molecule has 0 radical (unpaired) electrons. The lowest BCUT2D eigenvalue weighted by molar-refractivity contribution is 0.549. The Hall–Kier alpha value is -2.72. The largest absolute Gasteiger partial charge is 0.357 e. The van der Waals surface area contributed by atoms with Gasteiger partial charge in [0.1, 0.15) is 0 Å². The van der Waals surface area contributed by atoms with Crippen molar-refractivity contribution in [3.8, 4) is 0 Å². The first-order valence-corrected chi connectivity index (χ1v) is 8.77. The Morgan fingerprint density at radius 3 is 2.80 bits per heavy atom. The lowest BCUT2D eigenvalue weighted by Crippen LogP contribution is -2.31. The molecule has 0 amide bonds. The van der Waals surface area contributed by atoms with Crippen LogP contribution >= 0.6 is 0 Å². The Labute approximate surface area is 146 Å². The van der Waals surface area contributed by atoms with Crippen molar-refractivity contribution in [2.45, 2.75) is 26.3 Å². The average molecular weight is 328 g/mol. The maximum absolute atomic E-state index is 4.86. The van der Waals surface area contributed by atoms with Crippen molar-refractivity contribution >= 4 is 21.9 Å². The zero-order valence-corrected chi connectivity index (χ0v) is 14.4. The molecule has 0 bridgehead atoms. The number of para-hydroxylation sites is 2. The summed E-state index contributed by atoms with van der Waals surface area (Å²) < 4.78 is 0. The third-order valence-electron chi connectivity index (χ3n) is 5.15. The highest BCUT2D eigenvalue weighted by atomic mass is 15.0. The molecule has 0 spiro atoms. The molecule has 4 heteroatoms. The van der Waals surface area contributed by atoms with Crippen LogP contribution < -0.4 is 5.32 Å². The summed E-state index contributed by atoms with van der Waals surface area (Å²) in [7, 11) is 0. The van der Waals surface area contributed by atoms with Gasteiger partial charge in [0.15, 0.2) is 0 Å². The Morgan fingerprint density at radius 2 is 1.92 bits per heavy atom. The zero-order chi connectivity index (χ0) is 17.0. The monoisotopic (exact) mass is 328 g/mol. The number of nitrogens with one attached hydrogen (secondary N) is 2. The first-order valence-electron chi connectivity index (χ1n) is 8.77. The molecule has 0 fully saturated rings. The molecule has 5 rings (SSSR count). The first-order chi connectivity index (χ1) is 12.2. The van der Waals surface area contributed by atoms with Crippen LogP contribution in [0.5, 0.6) is 0 Å². The normalized spacial score (nSPS) is 17.1. The van der Waals surface area contributed by atoms with Gasteiger partial charge in [-0.05, 0) is 55.2 Å². The number of hydrogen-bond donors (Lipinski definition) is 2. The van der Waals surface area contributed by atoms with Crippen molar-refractivity contribution in [3.05, 3.63) is 70.7 Å². The lowest BCUT2D eigenvalue weighted by Gasteiger charge is -2.24. The molecule has 3 heterocycles. The van der Waals surface area contributed by atoms with Gasteiger partial charge in [0.25, 0.3) is 0 Å². The molecule has 2 aromatic carbocycles. The minimum Gasteiger partial charge on any atom is -0.357 e. The van der Waals surface area contributed by atoms with Crippen molar-refractivity contribution in [1.29, 1.82) is 0 Å². The minimum absolute atomic E-state index is 0.0629. The van der Waals surface area contributed by atoms with E-state index < -0.39 is 0 Å². The van der Waals surface area contributed by atoms with Crippen LogP contribution in [-0.4, -0.2) is 21.5 Å². The lowest BCUT2D eigenvalue weighted by atomic mass is 9.95. The second kappa shape index (κ2) is 5.39. The zero-order valence-electron chi connectivity index (χ0n) is 14.4. The molecule has 0 saturated carbocycles. The molecular formula is C21H20N4. The van der Waals surface area contributed by atoms with Gasteiger partial charge in [-0.1, -0.05) is 18.2 Å². The molecule has 1 unspecified atom stereocenters. The highest BCUT2D eigenvalue weighted by molar-refractivity contribution is 5.89. The first kappa shape index (κ1) is 14.6. The summed E-state index contributed by atoms with van der Waals surface area (Å²) in [6.07, 6.45) is 2.94. The Bertz CT molecular complexity index is 1110. The predicted molar refractivity (Wildman–Crippen MR) is 101 cm³/mol. The van der Waals surface area contributed by atoms with Gasteiger partial charge in [-0.25, -0.2) is 4.98 Å². The summed E-state index contributed by atoms with van der Waals surface area (Å²) in [4.78, 5) is 13.1. The minimum atomic E-state index is 0.0629. The number of H-pyrrole nitrogens is 1. The van der Waals surface area contributed by atoms with Gasteiger partial charge in [-0.2, -0.15) is 0 Å². The van der Waals surface area contributed by atoms with Crippen molar-refractivity contribution in [1.82, 2.24) is 20.3 Å².